The van der Waals surface area contributed by atoms with Crippen LogP contribution in [-0.2, 0) is 7.05 Å². The van der Waals surface area contributed by atoms with Gasteiger partial charge in [-0.2, -0.15) is 5.10 Å². The molecule has 25 heavy (non-hydrogen) atoms. The van der Waals surface area contributed by atoms with Gasteiger partial charge in [0.1, 0.15) is 5.82 Å². The summed E-state index contributed by atoms with van der Waals surface area (Å²) >= 11 is 6.37. The Labute approximate surface area is 153 Å². The number of halogens is 1. The van der Waals surface area contributed by atoms with E-state index in [-0.39, 0.29) is 11.9 Å². The second-order valence-corrected chi connectivity index (χ2v) is 6.99. The van der Waals surface area contributed by atoms with E-state index in [9.17, 15) is 4.79 Å². The fourth-order valence-corrected chi connectivity index (χ4v) is 3.39. The predicted octanol–water partition coefficient (Wildman–Crippen LogP) is 3.58. The fourth-order valence-electron chi connectivity index (χ4n) is 3.16. The van der Waals surface area contributed by atoms with Crippen molar-refractivity contribution in [3.05, 3.63) is 40.3 Å². The monoisotopic (exact) mass is 361 g/mol. The molecule has 0 spiro atoms. The summed E-state index contributed by atoms with van der Waals surface area (Å²) in [6.45, 7) is 5.69. The van der Waals surface area contributed by atoms with E-state index in [0.29, 0.717) is 16.4 Å². The molecule has 0 aromatic carbocycles. The van der Waals surface area contributed by atoms with Gasteiger partial charge >= 0.3 is 0 Å². The van der Waals surface area contributed by atoms with Crippen LogP contribution in [0.2, 0.25) is 5.02 Å². The van der Waals surface area contributed by atoms with Crippen LogP contribution in [0.25, 0.3) is 0 Å². The maximum absolute atomic E-state index is 12.6. The third-order valence-electron chi connectivity index (χ3n) is 4.82. The van der Waals surface area contributed by atoms with Crippen molar-refractivity contribution in [2.24, 2.45) is 7.05 Å². The van der Waals surface area contributed by atoms with E-state index in [1.54, 1.807) is 12.3 Å². The summed E-state index contributed by atoms with van der Waals surface area (Å²) in [5.41, 5.74) is 2.73. The van der Waals surface area contributed by atoms with Gasteiger partial charge in [-0.05, 0) is 39.2 Å². The number of carbonyl (C=O) groups is 1. The minimum absolute atomic E-state index is 0.0109. The first-order valence-corrected chi connectivity index (χ1v) is 9.05. The Morgan fingerprint density at radius 1 is 1.28 bits per heavy atom. The van der Waals surface area contributed by atoms with Gasteiger partial charge in [-0.1, -0.05) is 11.6 Å². The van der Waals surface area contributed by atoms with Gasteiger partial charge in [0.25, 0.3) is 5.91 Å². The molecule has 0 radical (unpaired) electrons. The molecule has 1 atom stereocenters. The average Bonchev–Trinajstić information content (AvgIpc) is 2.96. The van der Waals surface area contributed by atoms with Gasteiger partial charge in [-0.3, -0.25) is 9.48 Å². The van der Waals surface area contributed by atoms with Gasteiger partial charge in [0.15, 0.2) is 0 Å². The highest BCUT2D eigenvalue weighted by Gasteiger charge is 2.20. The van der Waals surface area contributed by atoms with Crippen LogP contribution in [0.1, 0.15) is 53.8 Å². The van der Waals surface area contributed by atoms with Crippen molar-refractivity contribution >= 4 is 23.3 Å². The lowest BCUT2D eigenvalue weighted by atomic mass is 10.1. The molecule has 0 aliphatic carbocycles. The topological polar surface area (TPSA) is 63.1 Å². The maximum atomic E-state index is 12.6. The molecule has 1 aliphatic heterocycles. The van der Waals surface area contributed by atoms with Gasteiger partial charge in [-0.25, -0.2) is 4.98 Å². The van der Waals surface area contributed by atoms with Gasteiger partial charge in [-0.15, -0.1) is 0 Å². The molecule has 6 nitrogen and oxygen atoms in total. The lowest BCUT2D eigenvalue weighted by Crippen LogP contribution is -2.35. The number of nitrogens with one attached hydrogen (secondary N) is 1. The summed E-state index contributed by atoms with van der Waals surface area (Å²) in [5.74, 6) is 0.587. The van der Waals surface area contributed by atoms with Crippen molar-refractivity contribution in [3.8, 4) is 0 Å². The van der Waals surface area contributed by atoms with E-state index >= 15 is 0 Å². The number of piperidine rings is 1. The summed E-state index contributed by atoms with van der Waals surface area (Å²) in [7, 11) is 1.91. The van der Waals surface area contributed by atoms with Crippen LogP contribution in [0.4, 0.5) is 5.82 Å². The van der Waals surface area contributed by atoms with E-state index in [1.165, 1.54) is 6.42 Å². The molecule has 2 aromatic rings. The van der Waals surface area contributed by atoms with Crippen LogP contribution in [0.5, 0.6) is 0 Å². The molecule has 3 rings (SSSR count). The number of likely N-dealkylation sites (tertiary alicyclic amines) is 1. The summed E-state index contributed by atoms with van der Waals surface area (Å²) in [6, 6.07) is 1.72. The lowest BCUT2D eigenvalue weighted by molar-refractivity contribution is 0.0724. The Bertz CT molecular complexity index is 767. The number of aromatic nitrogens is 3. The van der Waals surface area contributed by atoms with Crippen molar-refractivity contribution < 1.29 is 4.79 Å². The van der Waals surface area contributed by atoms with E-state index in [1.807, 2.05) is 36.7 Å². The standard InChI is InChI=1S/C18H24ClN5O/c1-12(15-11-21-23(3)13(15)2)22-17-16(19)9-14(10-20-17)18(25)24-7-5-4-6-8-24/h9-12H,4-8H2,1-3H3,(H,20,22). The van der Waals surface area contributed by atoms with Gasteiger partial charge in [0.05, 0.1) is 22.8 Å². The number of rotatable bonds is 4. The third kappa shape index (κ3) is 3.79. The van der Waals surface area contributed by atoms with Crippen molar-refractivity contribution in [2.75, 3.05) is 18.4 Å². The molecule has 1 N–H and O–H groups in total. The molecule has 1 amide bonds. The van der Waals surface area contributed by atoms with Crippen molar-refractivity contribution in [2.45, 2.75) is 39.2 Å². The second kappa shape index (κ2) is 7.44. The third-order valence-corrected chi connectivity index (χ3v) is 5.11. The van der Waals surface area contributed by atoms with Crippen LogP contribution in [0.15, 0.2) is 18.5 Å². The van der Waals surface area contributed by atoms with Gasteiger partial charge in [0.2, 0.25) is 0 Å². The Morgan fingerprint density at radius 2 is 2.00 bits per heavy atom. The summed E-state index contributed by atoms with van der Waals surface area (Å²) in [4.78, 5) is 18.8. The molecule has 1 unspecified atom stereocenters. The molecule has 0 bridgehead atoms. The zero-order valence-electron chi connectivity index (χ0n) is 14.9. The predicted molar refractivity (Wildman–Crippen MR) is 99.0 cm³/mol. The van der Waals surface area contributed by atoms with Crippen LogP contribution in [-0.4, -0.2) is 38.7 Å². The molecule has 0 saturated carbocycles. The Kier molecular flexibility index (Phi) is 5.27. The van der Waals surface area contributed by atoms with E-state index in [4.69, 9.17) is 11.6 Å². The number of hydrogen-bond donors (Lipinski definition) is 1. The number of carbonyl (C=O) groups excluding carboxylic acids is 1. The highest BCUT2D eigenvalue weighted by Crippen LogP contribution is 2.27. The Morgan fingerprint density at radius 3 is 2.60 bits per heavy atom. The SMILES string of the molecule is Cc1c(C(C)Nc2ncc(C(=O)N3CCCCC3)cc2Cl)cnn1C. The number of pyridine rings is 1. The van der Waals surface area contributed by atoms with E-state index in [2.05, 4.69) is 15.4 Å². The minimum atomic E-state index is 0.0109. The number of nitrogens with zero attached hydrogens (tertiary/aromatic N) is 4. The first-order valence-electron chi connectivity index (χ1n) is 8.67. The quantitative estimate of drug-likeness (QED) is 0.904. The van der Waals surface area contributed by atoms with Crippen molar-refractivity contribution in [1.82, 2.24) is 19.7 Å². The first kappa shape index (κ1) is 17.7. The Balaban J connectivity index is 1.73. The highest BCUT2D eigenvalue weighted by atomic mass is 35.5. The van der Waals surface area contributed by atoms with Crippen LogP contribution < -0.4 is 5.32 Å². The van der Waals surface area contributed by atoms with E-state index < -0.39 is 0 Å². The molecular formula is C18H24ClN5O. The normalized spacial score (nSPS) is 15.9. The molecule has 2 aromatic heterocycles. The smallest absolute Gasteiger partial charge is 0.255 e. The van der Waals surface area contributed by atoms with Gasteiger partial charge in [0, 0.05) is 37.6 Å². The fraction of sp³-hybridized carbons (Fsp3) is 0.500. The van der Waals surface area contributed by atoms with E-state index in [0.717, 1.165) is 37.2 Å². The largest absolute Gasteiger partial charge is 0.362 e. The summed E-state index contributed by atoms with van der Waals surface area (Å²) in [6.07, 6.45) is 6.77. The van der Waals surface area contributed by atoms with Crippen molar-refractivity contribution in [1.29, 1.82) is 0 Å². The van der Waals surface area contributed by atoms with Crippen molar-refractivity contribution in [3.63, 3.8) is 0 Å². The number of hydrogen-bond acceptors (Lipinski definition) is 4. The highest BCUT2D eigenvalue weighted by molar-refractivity contribution is 6.33. The molecule has 3 heterocycles. The molecule has 134 valence electrons. The zero-order valence-corrected chi connectivity index (χ0v) is 15.7. The lowest BCUT2D eigenvalue weighted by Gasteiger charge is -2.26. The first-order chi connectivity index (χ1) is 12.0. The number of aryl methyl sites for hydroxylation is 1. The van der Waals surface area contributed by atoms with Crippen LogP contribution in [0.3, 0.4) is 0 Å². The molecule has 7 heteroatoms. The Hall–Kier alpha value is -2.08. The summed E-state index contributed by atoms with van der Waals surface area (Å²) < 4.78 is 1.84. The maximum Gasteiger partial charge on any atom is 0.255 e. The molecule has 1 saturated heterocycles. The molecular weight excluding hydrogens is 338 g/mol. The molecule has 1 aliphatic rings. The number of amides is 1. The second-order valence-electron chi connectivity index (χ2n) is 6.58. The number of anilines is 1. The van der Waals surface area contributed by atoms with Crippen LogP contribution >= 0.6 is 11.6 Å². The summed E-state index contributed by atoms with van der Waals surface area (Å²) in [5, 5.41) is 8.02. The molecule has 1 fully saturated rings. The van der Waals surface area contributed by atoms with Gasteiger partial charge < -0.3 is 10.2 Å². The van der Waals surface area contributed by atoms with Crippen LogP contribution in [0, 0.1) is 6.92 Å². The zero-order chi connectivity index (χ0) is 18.0. The minimum Gasteiger partial charge on any atom is -0.362 e. The average molecular weight is 362 g/mol.